The maximum absolute atomic E-state index is 3.00. The largest absolute Gasteiger partial charge is 0.314 e. The lowest BCUT2D eigenvalue weighted by molar-refractivity contribution is 0.120. The molecule has 9 aliphatic carbocycles. The van der Waals surface area contributed by atoms with Crippen LogP contribution in [-0.4, -0.2) is 85.3 Å². The molecular weight excluding hydrogens is 1780 g/mol. The first kappa shape index (κ1) is 103. The molecule has 21 rings (SSSR count). The fourth-order valence-electron chi connectivity index (χ4n) is 35.0. The second-order valence-electron chi connectivity index (χ2n) is 54.4. The van der Waals surface area contributed by atoms with E-state index in [0.29, 0.717) is 35.5 Å². The monoisotopic (exact) mass is 1960 g/mol. The molecule has 9 aromatic carbocycles. The molecule has 6 nitrogen and oxygen atoms in total. The number of hydrogen-bond acceptors (Lipinski definition) is 3. The highest BCUT2D eigenvalue weighted by atomic mass is 28.3. The van der Waals surface area contributed by atoms with E-state index in [1.807, 2.05) is 0 Å². The van der Waals surface area contributed by atoms with Gasteiger partial charge in [0.25, 0.3) is 0 Å². The minimum atomic E-state index is -1.90. The molecule has 143 heavy (non-hydrogen) atoms. The van der Waals surface area contributed by atoms with Gasteiger partial charge in [0.05, 0.1) is 33.1 Å². The molecule has 3 aromatic heterocycles. The third-order valence-corrected chi connectivity index (χ3v) is 52.3. The summed E-state index contributed by atoms with van der Waals surface area (Å²) in [6, 6.07) is 76.1. The molecule has 0 N–H and O–H groups in total. The van der Waals surface area contributed by atoms with Gasteiger partial charge in [0.15, 0.2) is 0 Å². The Morgan fingerprint density at radius 2 is 0.559 bits per heavy atom. The summed E-state index contributed by atoms with van der Waals surface area (Å²) in [5.74, 6) is 5.23. The van der Waals surface area contributed by atoms with Gasteiger partial charge in [-0.05, 0) is 373 Å². The van der Waals surface area contributed by atoms with Crippen LogP contribution in [0.3, 0.4) is 0 Å². The number of para-hydroxylation sites is 6. The molecule has 3 saturated carbocycles. The van der Waals surface area contributed by atoms with Crippen LogP contribution in [-0.2, 0) is 16.2 Å². The summed E-state index contributed by atoms with van der Waals surface area (Å²) >= 11 is 0. The first-order valence-corrected chi connectivity index (χ1v) is 65.6. The Hall–Kier alpha value is -8.65. The van der Waals surface area contributed by atoms with E-state index in [9.17, 15) is 0 Å². The molecule has 12 aromatic rings. The average Bonchev–Trinajstić information content (AvgIpc) is 1.54. The minimum absolute atomic E-state index is 0.0310. The number of aromatic nitrogens is 3. The summed E-state index contributed by atoms with van der Waals surface area (Å²) in [4.78, 5) is 0. The molecule has 0 aliphatic heterocycles. The summed E-state index contributed by atoms with van der Waals surface area (Å²) in [5, 5.41) is 8.00. The second-order valence-corrected chi connectivity index (χ2v) is 67.7. The summed E-state index contributed by atoms with van der Waals surface area (Å²) < 4.78 is 16.5. The summed E-state index contributed by atoms with van der Waals surface area (Å²) in [7, 11) is -5.60. The van der Waals surface area contributed by atoms with Crippen molar-refractivity contribution in [3.05, 3.63) is 287 Å². The number of hydrogen-bond donors (Lipinski definition) is 0. The molecule has 9 aliphatic rings. The number of unbranched alkanes of at least 4 members (excludes halogenated alkanes) is 4. The topological polar surface area (TPSA) is 24.5 Å². The Balaban J connectivity index is 0.000000136. The highest BCUT2D eigenvalue weighted by Gasteiger charge is 2.62. The highest BCUT2D eigenvalue weighted by molar-refractivity contribution is 6.77. The third-order valence-electron chi connectivity index (χ3n) is 37.1. The van der Waals surface area contributed by atoms with Gasteiger partial charge in [-0.2, -0.15) is 0 Å². The first-order chi connectivity index (χ1) is 67.4. The van der Waals surface area contributed by atoms with Crippen molar-refractivity contribution in [1.82, 2.24) is 27.4 Å². The molecule has 0 spiro atoms. The van der Waals surface area contributed by atoms with E-state index in [2.05, 4.69) is 483 Å². The Kier molecular flexibility index (Phi) is 26.8. The molecule has 11 atom stereocenters. The standard InChI is InChI=1S/C47H64N2Si.C46H62N2Si.C41H52N2Si/c1-12-14-26-47(27-15-13-2)40-30-34(48-42-22-18-16-20-36(42)37-21-17-19-23-43(37)48)24-25-35(40)39-29-33-28-32(3)44(38(33)31-41(39)47)50(10,11)49(45(4,5)6)46(7,8)9;1-11-13-27-46(28-14-12-2)39-30-33(47-41-21-17-15-19-35(41)36-20-16-18-22-42(36)47)24-25-34(39)38-29-32-23-26-43(37(32)31-40(38)46)49(9,10)48(44(3,4)5)45(6,7)8;1-26-22-27-23-33-29-21-20-28(42-36-18-14-12-16-30(36)31-17-13-15-19-37(31)42)24-34(29)41(8,9)35(33)25-32(27)38(26)44(10,11)43(39(2,3)4)40(5,6)7/h16-25,29-33,38,44H,12-15,26-28H2,1-11H3;15-22,24-25,29-32,37,43H,11-14,23,26-28H2,1-10H3;12-21,23-27,32,38H,22H2,1-11H3. The van der Waals surface area contributed by atoms with Crippen molar-refractivity contribution >= 4 is 107 Å². The molecular formula is C134H178N6Si3. The number of allylic oxidation sites excluding steroid dienone is 12. The SMILES string of the molecule is CC1CC2C=C3C(=CC2C1[Si](C)(C)N(C(C)(C)C)C(C)(C)C)C(C)(C)c1cc(-n2c4ccccc4c4ccccc42)ccc13.CCCCC1(CCCC)C2=CC3C(C=C2c2ccc(-n4c5ccccc5c5ccccc54)cc21)CC(C)C3[Si](C)(C)N(C(C)(C)C)C(C)(C)C.CCCCC1(CCCC)C2=CC3C(C=C2c2ccc(-n4c5ccccc5c5ccccc54)cc21)CCC3[Si](C)(C)N(C(C)(C)C)C(C)(C)C. The van der Waals surface area contributed by atoms with Gasteiger partial charge in [-0.25, -0.2) is 0 Å². The van der Waals surface area contributed by atoms with E-state index >= 15 is 0 Å². The smallest absolute Gasteiger partial charge is 0.127 e. The predicted molar refractivity (Wildman–Crippen MR) is 630 cm³/mol. The van der Waals surface area contributed by atoms with Crippen LogP contribution >= 0.6 is 0 Å². The van der Waals surface area contributed by atoms with E-state index in [1.54, 1.807) is 39.0 Å². The van der Waals surface area contributed by atoms with Gasteiger partial charge in [0, 0.05) is 98.9 Å². The van der Waals surface area contributed by atoms with Crippen molar-refractivity contribution < 1.29 is 0 Å². The molecule has 756 valence electrons. The zero-order valence-electron chi connectivity index (χ0n) is 94.4. The van der Waals surface area contributed by atoms with Crippen molar-refractivity contribution in [2.24, 2.45) is 47.3 Å². The predicted octanol–water partition coefficient (Wildman–Crippen LogP) is 37.9. The van der Waals surface area contributed by atoms with Crippen molar-refractivity contribution in [3.8, 4) is 17.1 Å². The summed E-state index contributed by atoms with van der Waals surface area (Å²) in [6.07, 6.45) is 37.2. The van der Waals surface area contributed by atoms with Crippen molar-refractivity contribution in [2.45, 2.75) is 388 Å². The van der Waals surface area contributed by atoms with E-state index in [1.165, 1.54) is 213 Å². The number of fused-ring (bicyclic) bond motifs is 21. The van der Waals surface area contributed by atoms with Gasteiger partial charge in [-0.3, -0.25) is 0 Å². The fraction of sp³-hybridized carbons (Fsp3) is 0.507. The van der Waals surface area contributed by atoms with Crippen LogP contribution in [0.25, 0.3) is 99.2 Å². The van der Waals surface area contributed by atoms with E-state index in [0.717, 1.165) is 28.5 Å². The van der Waals surface area contributed by atoms with Gasteiger partial charge in [0.2, 0.25) is 0 Å². The normalized spacial score (nSPS) is 23.3. The Labute approximate surface area is 867 Å². The van der Waals surface area contributed by atoms with Crippen molar-refractivity contribution in [3.63, 3.8) is 0 Å². The molecule has 11 unspecified atom stereocenters. The van der Waals surface area contributed by atoms with Crippen LogP contribution in [0.4, 0.5) is 0 Å². The van der Waals surface area contributed by atoms with E-state index in [4.69, 9.17) is 0 Å². The average molecular weight is 1960 g/mol. The lowest BCUT2D eigenvalue weighted by Gasteiger charge is -2.57. The minimum Gasteiger partial charge on any atom is -0.314 e. The fourth-order valence-corrected chi connectivity index (χ4v) is 54.1. The maximum Gasteiger partial charge on any atom is 0.127 e. The van der Waals surface area contributed by atoms with Crippen LogP contribution in [0.1, 0.15) is 316 Å². The molecule has 3 heterocycles. The molecule has 0 amide bonds. The van der Waals surface area contributed by atoms with Crippen LogP contribution < -0.4 is 0 Å². The summed E-state index contributed by atoms with van der Waals surface area (Å²) in [5.41, 5.74) is 33.6. The van der Waals surface area contributed by atoms with Crippen LogP contribution in [0.2, 0.25) is 55.9 Å². The van der Waals surface area contributed by atoms with Gasteiger partial charge < -0.3 is 27.4 Å². The third kappa shape index (κ3) is 17.2. The van der Waals surface area contributed by atoms with Gasteiger partial charge in [0.1, 0.15) is 24.7 Å². The molecule has 0 radical (unpaired) electrons. The molecule has 0 saturated heterocycles. The highest BCUT2D eigenvalue weighted by Crippen LogP contribution is 2.68. The quantitative estimate of drug-likeness (QED) is 0.0670. The van der Waals surface area contributed by atoms with Crippen LogP contribution in [0.15, 0.2) is 253 Å². The maximum atomic E-state index is 3.00. The summed E-state index contributed by atoms with van der Waals surface area (Å²) in [6.45, 7) is 80.0. The molecule has 3 fully saturated rings. The molecule has 9 heteroatoms. The zero-order valence-corrected chi connectivity index (χ0v) is 97.4. The molecule has 0 bridgehead atoms. The zero-order chi connectivity index (χ0) is 102. The van der Waals surface area contributed by atoms with Gasteiger partial charge >= 0.3 is 0 Å². The van der Waals surface area contributed by atoms with E-state index < -0.39 is 24.7 Å². The van der Waals surface area contributed by atoms with Crippen LogP contribution in [0, 0.1) is 47.3 Å². The van der Waals surface area contributed by atoms with Crippen molar-refractivity contribution in [1.29, 1.82) is 0 Å². The lowest BCUT2D eigenvalue weighted by Crippen LogP contribution is -2.67. The first-order valence-electron chi connectivity index (χ1n) is 56.6. The Morgan fingerprint density at radius 1 is 0.301 bits per heavy atom. The number of benzene rings is 9. The van der Waals surface area contributed by atoms with Crippen molar-refractivity contribution in [2.75, 3.05) is 0 Å². The number of rotatable bonds is 21. The Bertz CT molecular complexity index is 6840. The van der Waals surface area contributed by atoms with Gasteiger partial charge in [-0.15, -0.1) is 0 Å². The van der Waals surface area contributed by atoms with Crippen LogP contribution in [0.5, 0.6) is 0 Å². The van der Waals surface area contributed by atoms with Gasteiger partial charge in [-0.1, -0.05) is 316 Å². The lowest BCUT2D eigenvalue weighted by atomic mass is 9.68. The Morgan fingerprint density at radius 3 is 0.860 bits per heavy atom. The number of nitrogens with zero attached hydrogens (tertiary/aromatic N) is 6. The second kappa shape index (κ2) is 37.3. The van der Waals surface area contributed by atoms with E-state index in [-0.39, 0.29) is 49.5 Å².